The van der Waals surface area contributed by atoms with E-state index in [0.29, 0.717) is 20.0 Å². The maximum Gasteiger partial charge on any atom is 0.269 e. The Balaban J connectivity index is 2.11. The van der Waals surface area contributed by atoms with Crippen molar-refractivity contribution in [2.45, 2.75) is 0 Å². The molecule has 1 fully saturated rings. The van der Waals surface area contributed by atoms with Crippen molar-refractivity contribution >= 4 is 5.69 Å². The third kappa shape index (κ3) is 2.31. The summed E-state index contributed by atoms with van der Waals surface area (Å²) in [6.07, 6.45) is 0. The summed E-state index contributed by atoms with van der Waals surface area (Å²) in [5.74, 6) is 1.01. The van der Waals surface area contributed by atoms with Gasteiger partial charge in [-0.1, -0.05) is 12.1 Å². The SMILES string of the molecule is O=[N+]([O-])c1ccc([C]2COCOC2)cc1. The zero-order chi connectivity index (χ0) is 10.7. The molecule has 0 amide bonds. The molecule has 1 aromatic rings. The van der Waals surface area contributed by atoms with Gasteiger partial charge in [-0.25, -0.2) is 0 Å². The Morgan fingerprint density at radius 2 is 1.73 bits per heavy atom. The molecular weight excluding hydrogens is 198 g/mol. The van der Waals surface area contributed by atoms with Crippen molar-refractivity contribution in [3.63, 3.8) is 0 Å². The van der Waals surface area contributed by atoms with Gasteiger partial charge in [0.05, 0.1) is 24.1 Å². The van der Waals surface area contributed by atoms with E-state index in [0.717, 1.165) is 11.5 Å². The van der Waals surface area contributed by atoms with E-state index >= 15 is 0 Å². The van der Waals surface area contributed by atoms with Crippen LogP contribution in [0.5, 0.6) is 0 Å². The third-order valence-corrected chi connectivity index (χ3v) is 2.21. The maximum absolute atomic E-state index is 10.4. The molecule has 0 atom stereocenters. The quantitative estimate of drug-likeness (QED) is 0.546. The number of ether oxygens (including phenoxy) is 2. The van der Waals surface area contributed by atoms with E-state index in [-0.39, 0.29) is 5.69 Å². The molecule has 0 aliphatic carbocycles. The lowest BCUT2D eigenvalue weighted by Crippen LogP contribution is -2.22. The van der Waals surface area contributed by atoms with E-state index in [1.54, 1.807) is 12.1 Å². The summed E-state index contributed by atoms with van der Waals surface area (Å²) >= 11 is 0. The standard InChI is InChI=1S/C10H10NO4/c12-11(13)10-3-1-8(2-4-10)9-5-14-7-15-6-9/h1-4H,5-7H2. The predicted molar refractivity (Wildman–Crippen MR) is 52.2 cm³/mol. The molecule has 0 saturated carbocycles. The zero-order valence-electron chi connectivity index (χ0n) is 8.01. The molecule has 1 heterocycles. The number of nitro benzene ring substituents is 1. The number of nitrogens with zero attached hydrogens (tertiary/aromatic N) is 1. The number of hydrogen-bond donors (Lipinski definition) is 0. The highest BCUT2D eigenvalue weighted by Gasteiger charge is 2.18. The summed E-state index contributed by atoms with van der Waals surface area (Å²) in [6, 6.07) is 6.39. The molecular formula is C10H10NO4. The number of non-ortho nitro benzene ring substituents is 1. The fraction of sp³-hybridized carbons (Fsp3) is 0.300. The fourth-order valence-corrected chi connectivity index (χ4v) is 1.42. The van der Waals surface area contributed by atoms with Crippen molar-refractivity contribution in [3.05, 3.63) is 45.9 Å². The Morgan fingerprint density at radius 3 is 2.27 bits per heavy atom. The molecule has 15 heavy (non-hydrogen) atoms. The Labute approximate surface area is 86.8 Å². The fourth-order valence-electron chi connectivity index (χ4n) is 1.42. The van der Waals surface area contributed by atoms with E-state index in [2.05, 4.69) is 0 Å². The summed E-state index contributed by atoms with van der Waals surface area (Å²) < 4.78 is 10.2. The van der Waals surface area contributed by atoms with Crippen molar-refractivity contribution in [2.24, 2.45) is 0 Å². The van der Waals surface area contributed by atoms with Crippen LogP contribution in [0.3, 0.4) is 0 Å². The molecule has 5 nitrogen and oxygen atoms in total. The van der Waals surface area contributed by atoms with Crippen LogP contribution in [0.25, 0.3) is 0 Å². The molecule has 1 aliphatic rings. The molecule has 0 aromatic heterocycles. The molecule has 0 N–H and O–H groups in total. The second-order valence-corrected chi connectivity index (χ2v) is 3.22. The van der Waals surface area contributed by atoms with E-state index < -0.39 is 4.92 Å². The third-order valence-electron chi connectivity index (χ3n) is 2.21. The molecule has 2 rings (SSSR count). The maximum atomic E-state index is 10.4. The molecule has 0 bridgehead atoms. The number of nitro groups is 1. The first-order valence-electron chi connectivity index (χ1n) is 4.52. The summed E-state index contributed by atoms with van der Waals surface area (Å²) in [7, 11) is 0. The minimum absolute atomic E-state index is 0.0944. The highest BCUT2D eigenvalue weighted by molar-refractivity contribution is 5.39. The van der Waals surface area contributed by atoms with E-state index in [9.17, 15) is 10.1 Å². The van der Waals surface area contributed by atoms with E-state index in [1.807, 2.05) is 0 Å². The summed E-state index contributed by atoms with van der Waals surface area (Å²) in [5, 5.41) is 10.4. The Kier molecular flexibility index (Phi) is 2.94. The van der Waals surface area contributed by atoms with Crippen LogP contribution in [0.1, 0.15) is 5.56 Å². The minimum atomic E-state index is -0.414. The van der Waals surface area contributed by atoms with Crippen LogP contribution < -0.4 is 0 Å². The van der Waals surface area contributed by atoms with Gasteiger partial charge < -0.3 is 9.47 Å². The monoisotopic (exact) mass is 208 g/mol. The molecule has 0 unspecified atom stereocenters. The van der Waals surface area contributed by atoms with E-state index in [4.69, 9.17) is 9.47 Å². The highest BCUT2D eigenvalue weighted by Crippen LogP contribution is 2.21. The average molecular weight is 208 g/mol. The average Bonchev–Trinajstić information content (AvgIpc) is 2.30. The molecule has 0 spiro atoms. The number of hydrogen-bond acceptors (Lipinski definition) is 4. The first-order chi connectivity index (χ1) is 7.27. The van der Waals surface area contributed by atoms with Crippen LogP contribution in [-0.2, 0) is 9.47 Å². The van der Waals surface area contributed by atoms with Gasteiger partial charge in [0.2, 0.25) is 0 Å². The van der Waals surface area contributed by atoms with Gasteiger partial charge in [-0.2, -0.15) is 0 Å². The van der Waals surface area contributed by atoms with Crippen LogP contribution in [-0.4, -0.2) is 24.9 Å². The van der Waals surface area contributed by atoms with Crippen molar-refractivity contribution in [2.75, 3.05) is 20.0 Å². The van der Waals surface area contributed by atoms with Crippen LogP contribution in [0.15, 0.2) is 24.3 Å². The van der Waals surface area contributed by atoms with Gasteiger partial charge in [-0.3, -0.25) is 10.1 Å². The molecule has 5 heteroatoms. The van der Waals surface area contributed by atoms with Crippen LogP contribution >= 0.6 is 0 Å². The number of benzene rings is 1. The van der Waals surface area contributed by atoms with E-state index in [1.165, 1.54) is 12.1 Å². The molecule has 79 valence electrons. The van der Waals surface area contributed by atoms with Crippen molar-refractivity contribution < 1.29 is 14.4 Å². The van der Waals surface area contributed by atoms with Gasteiger partial charge in [-0.15, -0.1) is 0 Å². The molecule has 1 radical (unpaired) electrons. The Hall–Kier alpha value is -1.46. The highest BCUT2D eigenvalue weighted by atomic mass is 16.7. The first-order valence-corrected chi connectivity index (χ1v) is 4.52. The lowest BCUT2D eigenvalue weighted by molar-refractivity contribution is -0.384. The normalized spacial score (nSPS) is 17.6. The predicted octanol–water partition coefficient (Wildman–Crippen LogP) is 1.52. The smallest absolute Gasteiger partial charge is 0.269 e. The van der Waals surface area contributed by atoms with Crippen LogP contribution in [0.2, 0.25) is 0 Å². The van der Waals surface area contributed by atoms with Gasteiger partial charge in [-0.05, 0) is 5.56 Å². The summed E-state index contributed by atoms with van der Waals surface area (Å²) in [5.41, 5.74) is 1.03. The van der Waals surface area contributed by atoms with Crippen molar-refractivity contribution in [1.82, 2.24) is 0 Å². The van der Waals surface area contributed by atoms with Crippen molar-refractivity contribution in [1.29, 1.82) is 0 Å². The molecule has 1 aliphatic heterocycles. The second-order valence-electron chi connectivity index (χ2n) is 3.22. The van der Waals surface area contributed by atoms with Crippen LogP contribution in [0, 0.1) is 16.0 Å². The van der Waals surface area contributed by atoms with Gasteiger partial charge in [0.25, 0.3) is 5.69 Å². The summed E-state index contributed by atoms with van der Waals surface area (Å²) in [6.45, 7) is 1.37. The van der Waals surface area contributed by atoms with Gasteiger partial charge in [0.1, 0.15) is 6.79 Å². The number of rotatable bonds is 2. The first kappa shape index (κ1) is 10.1. The van der Waals surface area contributed by atoms with Gasteiger partial charge in [0, 0.05) is 12.1 Å². The Morgan fingerprint density at radius 1 is 1.13 bits per heavy atom. The zero-order valence-corrected chi connectivity index (χ0v) is 8.01. The second kappa shape index (κ2) is 4.37. The van der Waals surface area contributed by atoms with Crippen LogP contribution in [0.4, 0.5) is 5.69 Å². The van der Waals surface area contributed by atoms with Gasteiger partial charge in [0.15, 0.2) is 0 Å². The molecule has 1 aromatic carbocycles. The van der Waals surface area contributed by atoms with Crippen molar-refractivity contribution in [3.8, 4) is 0 Å². The molecule has 1 saturated heterocycles. The Bertz CT molecular complexity index is 343. The lowest BCUT2D eigenvalue weighted by atomic mass is 10.0. The topological polar surface area (TPSA) is 61.6 Å². The lowest BCUT2D eigenvalue weighted by Gasteiger charge is -2.21. The largest absolute Gasteiger partial charge is 0.354 e. The van der Waals surface area contributed by atoms with Gasteiger partial charge >= 0.3 is 0 Å². The summed E-state index contributed by atoms with van der Waals surface area (Å²) in [4.78, 5) is 10.0. The minimum Gasteiger partial charge on any atom is -0.354 e.